The summed E-state index contributed by atoms with van der Waals surface area (Å²) in [5.41, 5.74) is 7.19. The van der Waals surface area contributed by atoms with Gasteiger partial charge in [-0.3, -0.25) is 0 Å². The molecule has 0 aromatic heterocycles. The fraction of sp³-hybridized carbons (Fsp3) is 0.333. The quantitative estimate of drug-likeness (QED) is 0.642. The van der Waals surface area contributed by atoms with Gasteiger partial charge in [0.1, 0.15) is 0 Å². The van der Waals surface area contributed by atoms with Crippen LogP contribution >= 0.6 is 23.4 Å². The molecule has 0 aliphatic rings. The Bertz CT molecular complexity index is 345. The van der Waals surface area contributed by atoms with Crippen LogP contribution in [-0.2, 0) is 0 Å². The lowest BCUT2D eigenvalue weighted by atomic mass is 10.2. The third kappa shape index (κ3) is 5.26. The fourth-order valence-electron chi connectivity index (χ4n) is 1.23. The highest BCUT2D eigenvalue weighted by Crippen LogP contribution is 2.22. The molecule has 0 spiro atoms. The minimum atomic E-state index is 0.110. The Kier molecular flexibility index (Phi) is 5.23. The van der Waals surface area contributed by atoms with E-state index in [4.69, 9.17) is 17.3 Å². The Morgan fingerprint density at radius 3 is 2.87 bits per heavy atom. The summed E-state index contributed by atoms with van der Waals surface area (Å²) in [4.78, 5) is 1.17. The first kappa shape index (κ1) is 12.6. The molecule has 15 heavy (non-hydrogen) atoms. The molecule has 0 heterocycles. The molecule has 0 saturated carbocycles. The summed E-state index contributed by atoms with van der Waals surface area (Å²) < 4.78 is 0. The Labute approximate surface area is 101 Å². The second-order valence-corrected chi connectivity index (χ2v) is 5.21. The molecule has 0 radical (unpaired) electrons. The van der Waals surface area contributed by atoms with E-state index in [0.717, 1.165) is 10.8 Å². The predicted molar refractivity (Wildman–Crippen MR) is 69.6 cm³/mol. The van der Waals surface area contributed by atoms with Crippen LogP contribution in [0.3, 0.4) is 0 Å². The van der Waals surface area contributed by atoms with Gasteiger partial charge in [-0.15, -0.1) is 11.8 Å². The van der Waals surface area contributed by atoms with Crippen molar-refractivity contribution in [2.45, 2.75) is 24.8 Å². The van der Waals surface area contributed by atoms with Crippen LogP contribution in [0.15, 0.2) is 40.8 Å². The number of rotatable bonds is 4. The molecule has 1 unspecified atom stereocenters. The molecule has 0 amide bonds. The van der Waals surface area contributed by atoms with Gasteiger partial charge in [0.05, 0.1) is 0 Å². The van der Waals surface area contributed by atoms with Gasteiger partial charge in [0.25, 0.3) is 0 Å². The van der Waals surface area contributed by atoms with E-state index in [1.165, 1.54) is 10.5 Å². The normalized spacial score (nSPS) is 12.3. The van der Waals surface area contributed by atoms with E-state index in [1.807, 2.05) is 24.3 Å². The molecule has 1 rings (SSSR count). The largest absolute Gasteiger partial charge is 0.324 e. The summed E-state index contributed by atoms with van der Waals surface area (Å²) in [5.74, 6) is 0.880. The first-order valence-corrected chi connectivity index (χ1v) is 6.23. The monoisotopic (exact) mass is 241 g/mol. The van der Waals surface area contributed by atoms with E-state index in [0.29, 0.717) is 0 Å². The number of hydrogen-bond acceptors (Lipinski definition) is 2. The Hall–Kier alpha value is -0.440. The van der Waals surface area contributed by atoms with Gasteiger partial charge in [-0.05, 0) is 32.0 Å². The van der Waals surface area contributed by atoms with Gasteiger partial charge in [0.15, 0.2) is 0 Å². The zero-order valence-corrected chi connectivity index (χ0v) is 10.6. The van der Waals surface area contributed by atoms with E-state index in [-0.39, 0.29) is 6.04 Å². The molecule has 0 aliphatic heterocycles. The third-order valence-corrected chi connectivity index (χ3v) is 3.16. The van der Waals surface area contributed by atoms with Gasteiger partial charge < -0.3 is 5.73 Å². The van der Waals surface area contributed by atoms with E-state index in [1.54, 1.807) is 11.8 Å². The van der Waals surface area contributed by atoms with E-state index in [2.05, 4.69) is 19.9 Å². The summed E-state index contributed by atoms with van der Waals surface area (Å²) in [7, 11) is 0. The lowest BCUT2D eigenvalue weighted by Gasteiger charge is -2.07. The van der Waals surface area contributed by atoms with Crippen LogP contribution < -0.4 is 5.73 Å². The van der Waals surface area contributed by atoms with Crippen LogP contribution in [0.5, 0.6) is 0 Å². The van der Waals surface area contributed by atoms with Crippen molar-refractivity contribution in [1.29, 1.82) is 0 Å². The molecule has 0 saturated heterocycles. The van der Waals surface area contributed by atoms with Gasteiger partial charge in [0.2, 0.25) is 0 Å². The number of benzene rings is 1. The molecule has 0 bridgehead atoms. The summed E-state index contributed by atoms with van der Waals surface area (Å²) in [5, 5.41) is 0.774. The van der Waals surface area contributed by atoms with Crippen molar-refractivity contribution >= 4 is 23.4 Å². The van der Waals surface area contributed by atoms with Crippen molar-refractivity contribution < 1.29 is 0 Å². The van der Waals surface area contributed by atoms with Crippen LogP contribution in [0, 0.1) is 0 Å². The molecule has 1 aromatic carbocycles. The van der Waals surface area contributed by atoms with Crippen LogP contribution in [0.2, 0.25) is 5.02 Å². The Balaban J connectivity index is 2.47. The van der Waals surface area contributed by atoms with Crippen molar-refractivity contribution in [3.8, 4) is 0 Å². The van der Waals surface area contributed by atoms with E-state index in [9.17, 15) is 0 Å². The standard InChI is InChI=1S/C12H16ClNS/c1-9(2)6-11(14)8-15-12-5-3-4-10(13)7-12/h3-7,11H,8,14H2,1-2H3. The minimum Gasteiger partial charge on any atom is -0.324 e. The predicted octanol–water partition coefficient (Wildman–Crippen LogP) is 3.73. The first-order valence-electron chi connectivity index (χ1n) is 4.87. The summed E-state index contributed by atoms with van der Waals surface area (Å²) in [6.07, 6.45) is 2.08. The van der Waals surface area contributed by atoms with Crippen LogP contribution in [0.25, 0.3) is 0 Å². The lowest BCUT2D eigenvalue weighted by Crippen LogP contribution is -2.19. The highest BCUT2D eigenvalue weighted by Gasteiger charge is 2.00. The zero-order valence-electron chi connectivity index (χ0n) is 9.03. The first-order chi connectivity index (χ1) is 7.08. The highest BCUT2D eigenvalue weighted by atomic mass is 35.5. The van der Waals surface area contributed by atoms with Gasteiger partial charge in [-0.2, -0.15) is 0 Å². The molecule has 1 aromatic rings. The summed E-state index contributed by atoms with van der Waals surface area (Å²) in [6.45, 7) is 4.12. The molecule has 3 heteroatoms. The van der Waals surface area contributed by atoms with Gasteiger partial charge in [-0.25, -0.2) is 0 Å². The van der Waals surface area contributed by atoms with Crippen molar-refractivity contribution in [2.75, 3.05) is 5.75 Å². The molecular formula is C12H16ClNS. The van der Waals surface area contributed by atoms with Gasteiger partial charge in [0, 0.05) is 21.7 Å². The van der Waals surface area contributed by atoms with Crippen LogP contribution in [-0.4, -0.2) is 11.8 Å². The second kappa shape index (κ2) is 6.21. The number of allylic oxidation sites excluding steroid dienone is 1. The van der Waals surface area contributed by atoms with E-state index < -0.39 is 0 Å². The molecule has 2 N–H and O–H groups in total. The van der Waals surface area contributed by atoms with Crippen molar-refractivity contribution in [1.82, 2.24) is 0 Å². The molecule has 0 aliphatic carbocycles. The summed E-state index contributed by atoms with van der Waals surface area (Å²) in [6, 6.07) is 7.95. The highest BCUT2D eigenvalue weighted by molar-refractivity contribution is 7.99. The smallest absolute Gasteiger partial charge is 0.0417 e. The lowest BCUT2D eigenvalue weighted by molar-refractivity contribution is 0.927. The third-order valence-electron chi connectivity index (χ3n) is 1.79. The maximum Gasteiger partial charge on any atom is 0.0417 e. The van der Waals surface area contributed by atoms with Crippen molar-refractivity contribution in [3.05, 3.63) is 40.9 Å². The molecule has 82 valence electrons. The van der Waals surface area contributed by atoms with Crippen LogP contribution in [0.4, 0.5) is 0 Å². The number of thioether (sulfide) groups is 1. The molecule has 1 atom stereocenters. The van der Waals surface area contributed by atoms with Crippen molar-refractivity contribution in [2.24, 2.45) is 5.73 Å². The van der Waals surface area contributed by atoms with Gasteiger partial charge in [-0.1, -0.05) is 29.3 Å². The maximum atomic E-state index is 5.93. The summed E-state index contributed by atoms with van der Waals surface area (Å²) >= 11 is 7.62. The Morgan fingerprint density at radius 2 is 2.27 bits per heavy atom. The van der Waals surface area contributed by atoms with Crippen molar-refractivity contribution in [3.63, 3.8) is 0 Å². The average Bonchev–Trinajstić information content (AvgIpc) is 2.14. The topological polar surface area (TPSA) is 26.0 Å². The molecular weight excluding hydrogens is 226 g/mol. The second-order valence-electron chi connectivity index (χ2n) is 3.68. The zero-order chi connectivity index (χ0) is 11.3. The number of nitrogens with two attached hydrogens (primary N) is 1. The molecule has 1 nitrogen and oxygen atoms in total. The Morgan fingerprint density at radius 1 is 1.53 bits per heavy atom. The molecule has 0 fully saturated rings. The van der Waals surface area contributed by atoms with Crippen LogP contribution in [0.1, 0.15) is 13.8 Å². The maximum absolute atomic E-state index is 5.93. The number of hydrogen-bond donors (Lipinski definition) is 1. The van der Waals surface area contributed by atoms with Gasteiger partial charge >= 0.3 is 0 Å². The van der Waals surface area contributed by atoms with E-state index >= 15 is 0 Å². The average molecular weight is 242 g/mol. The number of halogens is 1. The minimum absolute atomic E-state index is 0.110. The fourth-order valence-corrected chi connectivity index (χ4v) is 2.35. The SMILES string of the molecule is CC(C)=CC(N)CSc1cccc(Cl)c1.